The van der Waals surface area contributed by atoms with Crippen LogP contribution in [0.15, 0.2) is 48.8 Å². The number of nitrogens with zero attached hydrogens (tertiary/aromatic N) is 3. The molecule has 3 aromatic rings. The molecule has 0 aliphatic carbocycles. The third-order valence-electron chi connectivity index (χ3n) is 3.78. The number of fused-ring (bicyclic) bond motifs is 2. The third-order valence-corrected chi connectivity index (χ3v) is 3.78. The van der Waals surface area contributed by atoms with Gasteiger partial charge in [-0.3, -0.25) is 0 Å². The van der Waals surface area contributed by atoms with E-state index in [0.29, 0.717) is 0 Å². The van der Waals surface area contributed by atoms with Crippen LogP contribution in [0.25, 0.3) is 10.9 Å². The molecule has 2 N–H and O–H groups in total. The molecule has 0 saturated carbocycles. The van der Waals surface area contributed by atoms with Crippen LogP contribution in [0.4, 0.5) is 11.5 Å². The van der Waals surface area contributed by atoms with Crippen LogP contribution in [0.1, 0.15) is 11.1 Å². The van der Waals surface area contributed by atoms with E-state index in [1.165, 1.54) is 11.1 Å². The quantitative estimate of drug-likeness (QED) is 0.685. The highest BCUT2D eigenvalue weighted by Gasteiger charge is 2.21. The van der Waals surface area contributed by atoms with Gasteiger partial charge in [0.15, 0.2) is 0 Å². The van der Waals surface area contributed by atoms with Crippen LogP contribution in [0.2, 0.25) is 0 Å². The van der Waals surface area contributed by atoms with Crippen molar-refractivity contribution in [3.63, 3.8) is 0 Å². The minimum atomic E-state index is 0.729. The van der Waals surface area contributed by atoms with Gasteiger partial charge in [0.05, 0.1) is 5.52 Å². The van der Waals surface area contributed by atoms with Gasteiger partial charge in [-0.2, -0.15) is 0 Å². The number of nitrogen functional groups attached to an aromatic ring is 1. The largest absolute Gasteiger partial charge is 0.399 e. The summed E-state index contributed by atoms with van der Waals surface area (Å²) < 4.78 is 0. The molecule has 1 aliphatic heterocycles. The summed E-state index contributed by atoms with van der Waals surface area (Å²) in [6.07, 6.45) is 1.61. The molecule has 2 aromatic carbocycles. The van der Waals surface area contributed by atoms with Crippen LogP contribution in [-0.2, 0) is 13.1 Å². The van der Waals surface area contributed by atoms with Gasteiger partial charge >= 0.3 is 0 Å². The van der Waals surface area contributed by atoms with E-state index in [1.54, 1.807) is 6.33 Å². The highest BCUT2D eigenvalue weighted by atomic mass is 15.2. The number of aromatic nitrogens is 2. The number of hydrogen-bond donors (Lipinski definition) is 1. The summed E-state index contributed by atoms with van der Waals surface area (Å²) >= 11 is 0. The van der Waals surface area contributed by atoms with Crippen LogP contribution < -0.4 is 10.6 Å². The molecular weight excluding hydrogens is 248 g/mol. The molecule has 0 unspecified atom stereocenters. The van der Waals surface area contributed by atoms with Gasteiger partial charge < -0.3 is 10.6 Å². The lowest BCUT2D eigenvalue weighted by molar-refractivity contribution is 0.859. The molecule has 20 heavy (non-hydrogen) atoms. The average Bonchev–Trinajstić information content (AvgIpc) is 2.90. The fraction of sp³-hybridized carbons (Fsp3) is 0.125. The molecule has 0 bridgehead atoms. The molecule has 0 amide bonds. The van der Waals surface area contributed by atoms with Gasteiger partial charge in [0.2, 0.25) is 0 Å². The molecule has 0 spiro atoms. The Bertz CT molecular complexity index is 772. The maximum atomic E-state index is 5.82. The normalized spacial score (nSPS) is 13.7. The van der Waals surface area contributed by atoms with E-state index in [0.717, 1.165) is 35.5 Å². The van der Waals surface area contributed by atoms with Crippen molar-refractivity contribution in [2.24, 2.45) is 0 Å². The molecule has 4 rings (SSSR count). The van der Waals surface area contributed by atoms with E-state index in [-0.39, 0.29) is 0 Å². The number of hydrogen-bond acceptors (Lipinski definition) is 4. The van der Waals surface area contributed by atoms with Crippen molar-refractivity contribution in [1.82, 2.24) is 9.97 Å². The van der Waals surface area contributed by atoms with Gasteiger partial charge in [-0.05, 0) is 29.3 Å². The molecule has 1 aromatic heterocycles. The summed E-state index contributed by atoms with van der Waals surface area (Å²) in [5, 5.41) is 1.05. The Morgan fingerprint density at radius 3 is 2.45 bits per heavy atom. The predicted octanol–water partition coefficient (Wildman–Crippen LogP) is 2.73. The van der Waals surface area contributed by atoms with Gasteiger partial charge in [-0.15, -0.1) is 0 Å². The number of benzene rings is 2. The Balaban J connectivity index is 1.81. The van der Waals surface area contributed by atoms with Gasteiger partial charge in [0.1, 0.15) is 12.1 Å². The van der Waals surface area contributed by atoms with Crippen molar-refractivity contribution < 1.29 is 0 Å². The summed E-state index contributed by atoms with van der Waals surface area (Å²) in [7, 11) is 0. The van der Waals surface area contributed by atoms with E-state index in [2.05, 4.69) is 39.1 Å². The Morgan fingerprint density at radius 2 is 1.70 bits per heavy atom. The summed E-state index contributed by atoms with van der Waals surface area (Å²) in [5.41, 5.74) is 10.2. The van der Waals surface area contributed by atoms with Gasteiger partial charge in [-0.25, -0.2) is 9.97 Å². The van der Waals surface area contributed by atoms with Crippen molar-refractivity contribution >= 4 is 22.4 Å². The van der Waals surface area contributed by atoms with Crippen LogP contribution in [0, 0.1) is 0 Å². The topological polar surface area (TPSA) is 55.0 Å². The first-order valence-electron chi connectivity index (χ1n) is 6.63. The van der Waals surface area contributed by atoms with Crippen LogP contribution >= 0.6 is 0 Å². The first-order chi connectivity index (χ1) is 9.81. The van der Waals surface area contributed by atoms with E-state index < -0.39 is 0 Å². The lowest BCUT2D eigenvalue weighted by atomic mass is 10.1. The van der Waals surface area contributed by atoms with E-state index in [9.17, 15) is 0 Å². The Hall–Kier alpha value is -2.62. The smallest absolute Gasteiger partial charge is 0.140 e. The number of rotatable bonds is 1. The summed E-state index contributed by atoms with van der Waals surface area (Å²) in [4.78, 5) is 11.1. The monoisotopic (exact) mass is 262 g/mol. The summed E-state index contributed by atoms with van der Waals surface area (Å²) in [6, 6.07) is 14.3. The van der Waals surface area contributed by atoms with Crippen molar-refractivity contribution in [2.75, 3.05) is 10.6 Å². The highest BCUT2D eigenvalue weighted by molar-refractivity contribution is 5.91. The van der Waals surface area contributed by atoms with Gasteiger partial charge in [0.25, 0.3) is 0 Å². The zero-order valence-corrected chi connectivity index (χ0v) is 11.0. The molecule has 1 aliphatic rings. The molecule has 2 heterocycles. The molecule has 0 atom stereocenters. The highest BCUT2D eigenvalue weighted by Crippen LogP contribution is 2.31. The fourth-order valence-corrected chi connectivity index (χ4v) is 2.79. The van der Waals surface area contributed by atoms with Crippen LogP contribution in [-0.4, -0.2) is 9.97 Å². The van der Waals surface area contributed by atoms with Crippen molar-refractivity contribution in [2.45, 2.75) is 13.1 Å². The Kier molecular flexibility index (Phi) is 2.36. The lowest BCUT2D eigenvalue weighted by Crippen LogP contribution is -2.16. The minimum Gasteiger partial charge on any atom is -0.399 e. The maximum absolute atomic E-state index is 5.82. The third kappa shape index (κ3) is 1.69. The maximum Gasteiger partial charge on any atom is 0.140 e. The molecule has 0 fully saturated rings. The number of anilines is 2. The standard InChI is InChI=1S/C16H14N4/c17-13-5-6-14-15(7-13)18-10-19-16(14)20-8-11-3-1-2-4-12(11)9-20/h1-7,10H,8-9,17H2. The second-order valence-electron chi connectivity index (χ2n) is 5.10. The fourth-order valence-electron chi connectivity index (χ4n) is 2.79. The van der Waals surface area contributed by atoms with Gasteiger partial charge in [-0.1, -0.05) is 24.3 Å². The molecule has 4 heteroatoms. The molecule has 0 saturated heterocycles. The average molecular weight is 262 g/mol. The van der Waals surface area contributed by atoms with Crippen molar-refractivity contribution in [3.05, 3.63) is 59.9 Å². The second kappa shape index (κ2) is 4.20. The zero-order chi connectivity index (χ0) is 13.5. The first-order valence-corrected chi connectivity index (χ1v) is 6.63. The minimum absolute atomic E-state index is 0.729. The molecule has 4 nitrogen and oxygen atoms in total. The molecular formula is C16H14N4. The number of nitrogens with two attached hydrogens (primary N) is 1. The van der Waals surface area contributed by atoms with Crippen LogP contribution in [0.3, 0.4) is 0 Å². The van der Waals surface area contributed by atoms with Crippen molar-refractivity contribution in [3.8, 4) is 0 Å². The van der Waals surface area contributed by atoms with E-state index in [1.807, 2.05) is 18.2 Å². The Morgan fingerprint density at radius 1 is 0.950 bits per heavy atom. The van der Waals surface area contributed by atoms with E-state index >= 15 is 0 Å². The Labute approximate surface area is 116 Å². The molecule has 0 radical (unpaired) electrons. The van der Waals surface area contributed by atoms with Gasteiger partial charge in [0, 0.05) is 24.2 Å². The van der Waals surface area contributed by atoms with Crippen molar-refractivity contribution in [1.29, 1.82) is 0 Å². The predicted molar refractivity (Wildman–Crippen MR) is 80.3 cm³/mol. The summed E-state index contributed by atoms with van der Waals surface area (Å²) in [5.74, 6) is 0.978. The SMILES string of the molecule is Nc1ccc2c(N3Cc4ccccc4C3)ncnc2c1. The zero-order valence-electron chi connectivity index (χ0n) is 11.0. The second-order valence-corrected chi connectivity index (χ2v) is 5.10. The first kappa shape index (κ1) is 11.2. The van der Waals surface area contributed by atoms with Crippen LogP contribution in [0.5, 0.6) is 0 Å². The molecule has 98 valence electrons. The summed E-state index contributed by atoms with van der Waals surface area (Å²) in [6.45, 7) is 1.79. The van der Waals surface area contributed by atoms with E-state index in [4.69, 9.17) is 5.73 Å². The lowest BCUT2D eigenvalue weighted by Gasteiger charge is -2.18.